The van der Waals surface area contributed by atoms with Crippen LogP contribution in [0.3, 0.4) is 0 Å². The fourth-order valence-electron chi connectivity index (χ4n) is 1.70. The molecule has 5 heteroatoms. The van der Waals surface area contributed by atoms with Crippen molar-refractivity contribution in [1.29, 1.82) is 0 Å². The number of aliphatic hydroxyl groups excluding tert-OH is 1. The summed E-state index contributed by atoms with van der Waals surface area (Å²) in [4.78, 5) is 6.62. The Labute approximate surface area is 95.9 Å². The van der Waals surface area contributed by atoms with Crippen LogP contribution in [-0.4, -0.2) is 29.8 Å². The van der Waals surface area contributed by atoms with Crippen LogP contribution in [0.2, 0.25) is 0 Å². The van der Waals surface area contributed by atoms with E-state index in [9.17, 15) is 0 Å². The summed E-state index contributed by atoms with van der Waals surface area (Å²) >= 11 is 5.09. The Kier molecular flexibility index (Phi) is 3.41. The van der Waals surface area contributed by atoms with Gasteiger partial charge in [0.1, 0.15) is 0 Å². The second-order valence-corrected chi connectivity index (χ2v) is 5.95. The number of nitrogens with zero attached hydrogens (tertiary/aromatic N) is 2. The van der Waals surface area contributed by atoms with Gasteiger partial charge in [-0.2, -0.15) is 0 Å². The van der Waals surface area contributed by atoms with Crippen LogP contribution < -0.4 is 4.90 Å². The molecule has 0 saturated carbocycles. The molecule has 1 aromatic rings. The van der Waals surface area contributed by atoms with E-state index in [0.717, 1.165) is 34.8 Å². The normalized spacial score (nSPS) is 18.9. The van der Waals surface area contributed by atoms with E-state index in [1.807, 2.05) is 6.20 Å². The SMILES string of the molecule is OCC1CCN(c2ncc(Br)s2)CC1. The molecule has 1 aliphatic rings. The Morgan fingerprint density at radius 2 is 2.29 bits per heavy atom. The number of rotatable bonds is 2. The molecule has 0 amide bonds. The van der Waals surface area contributed by atoms with Gasteiger partial charge < -0.3 is 10.0 Å². The first-order valence-electron chi connectivity index (χ1n) is 4.76. The molecule has 1 N–H and O–H groups in total. The number of thiazole rings is 1. The molecule has 0 spiro atoms. The van der Waals surface area contributed by atoms with Crippen molar-refractivity contribution in [1.82, 2.24) is 4.98 Å². The van der Waals surface area contributed by atoms with E-state index in [1.165, 1.54) is 0 Å². The highest BCUT2D eigenvalue weighted by Crippen LogP contribution is 2.29. The summed E-state index contributed by atoms with van der Waals surface area (Å²) in [6.07, 6.45) is 4.00. The van der Waals surface area contributed by atoms with E-state index < -0.39 is 0 Å². The molecule has 1 aromatic heterocycles. The molecule has 14 heavy (non-hydrogen) atoms. The van der Waals surface area contributed by atoms with Crippen LogP contribution in [0.15, 0.2) is 9.98 Å². The monoisotopic (exact) mass is 276 g/mol. The van der Waals surface area contributed by atoms with Gasteiger partial charge in [-0.05, 0) is 34.7 Å². The Morgan fingerprint density at radius 1 is 1.57 bits per heavy atom. The van der Waals surface area contributed by atoms with Crippen molar-refractivity contribution >= 4 is 32.4 Å². The lowest BCUT2D eigenvalue weighted by molar-refractivity contribution is 0.203. The summed E-state index contributed by atoms with van der Waals surface area (Å²) in [6, 6.07) is 0. The number of aromatic nitrogens is 1. The highest BCUT2D eigenvalue weighted by atomic mass is 79.9. The lowest BCUT2D eigenvalue weighted by Crippen LogP contribution is -2.34. The van der Waals surface area contributed by atoms with Crippen molar-refractivity contribution in [2.75, 3.05) is 24.6 Å². The molecule has 0 atom stereocenters. The average molecular weight is 277 g/mol. The van der Waals surface area contributed by atoms with Crippen LogP contribution in [0.5, 0.6) is 0 Å². The molecule has 1 aliphatic heterocycles. The van der Waals surface area contributed by atoms with Gasteiger partial charge in [0.05, 0.1) is 9.98 Å². The molecule has 0 aliphatic carbocycles. The molecule has 2 rings (SSSR count). The van der Waals surface area contributed by atoms with Crippen LogP contribution in [-0.2, 0) is 0 Å². The predicted molar refractivity (Wildman–Crippen MR) is 61.8 cm³/mol. The molecule has 0 aromatic carbocycles. The molecule has 0 bridgehead atoms. The third-order valence-corrected chi connectivity index (χ3v) is 4.15. The maximum Gasteiger partial charge on any atom is 0.186 e. The molecule has 1 fully saturated rings. The van der Waals surface area contributed by atoms with Crippen molar-refractivity contribution in [3.05, 3.63) is 9.98 Å². The smallest absolute Gasteiger partial charge is 0.186 e. The van der Waals surface area contributed by atoms with Crippen molar-refractivity contribution in [2.24, 2.45) is 5.92 Å². The quantitative estimate of drug-likeness (QED) is 0.899. The third-order valence-electron chi connectivity index (χ3n) is 2.61. The maximum atomic E-state index is 9.01. The molecule has 1 saturated heterocycles. The van der Waals surface area contributed by atoms with E-state index >= 15 is 0 Å². The van der Waals surface area contributed by atoms with Crippen LogP contribution in [0, 0.1) is 5.92 Å². The zero-order valence-corrected chi connectivity index (χ0v) is 10.2. The van der Waals surface area contributed by atoms with Gasteiger partial charge in [-0.3, -0.25) is 0 Å². The highest BCUT2D eigenvalue weighted by molar-refractivity contribution is 9.11. The van der Waals surface area contributed by atoms with Crippen molar-refractivity contribution in [3.63, 3.8) is 0 Å². The fourth-order valence-corrected chi connectivity index (χ4v) is 2.93. The third kappa shape index (κ3) is 2.27. The van der Waals surface area contributed by atoms with Gasteiger partial charge in [-0.25, -0.2) is 4.98 Å². The number of hydrogen-bond acceptors (Lipinski definition) is 4. The predicted octanol–water partition coefficient (Wildman–Crippen LogP) is 2.11. The minimum Gasteiger partial charge on any atom is -0.396 e. The van der Waals surface area contributed by atoms with Crippen LogP contribution in [0.25, 0.3) is 0 Å². The second-order valence-electron chi connectivity index (χ2n) is 3.56. The van der Waals surface area contributed by atoms with E-state index in [0.29, 0.717) is 12.5 Å². The van der Waals surface area contributed by atoms with E-state index in [1.54, 1.807) is 11.3 Å². The first-order chi connectivity index (χ1) is 6.79. The van der Waals surface area contributed by atoms with Gasteiger partial charge >= 0.3 is 0 Å². The van der Waals surface area contributed by atoms with Gasteiger partial charge in [0.25, 0.3) is 0 Å². The fraction of sp³-hybridized carbons (Fsp3) is 0.667. The Bertz CT molecular complexity index is 297. The van der Waals surface area contributed by atoms with Gasteiger partial charge in [-0.15, -0.1) is 0 Å². The summed E-state index contributed by atoms with van der Waals surface area (Å²) < 4.78 is 1.08. The molecular weight excluding hydrogens is 264 g/mol. The zero-order chi connectivity index (χ0) is 9.97. The lowest BCUT2D eigenvalue weighted by atomic mass is 9.98. The Hall–Kier alpha value is -0.130. The Morgan fingerprint density at radius 3 is 2.79 bits per heavy atom. The summed E-state index contributed by atoms with van der Waals surface area (Å²) in [6.45, 7) is 2.37. The van der Waals surface area contributed by atoms with E-state index in [2.05, 4.69) is 25.8 Å². The second kappa shape index (κ2) is 4.59. The number of hydrogen-bond donors (Lipinski definition) is 1. The zero-order valence-electron chi connectivity index (χ0n) is 7.82. The molecule has 3 nitrogen and oxygen atoms in total. The van der Waals surface area contributed by atoms with E-state index in [-0.39, 0.29) is 0 Å². The molecule has 0 unspecified atom stereocenters. The molecular formula is C9H13BrN2OS. The Balaban J connectivity index is 1.95. The summed E-state index contributed by atoms with van der Waals surface area (Å²) in [5, 5.41) is 10.1. The van der Waals surface area contributed by atoms with Gasteiger partial charge in [0, 0.05) is 19.7 Å². The standard InChI is InChI=1S/C9H13BrN2OS/c10-8-5-11-9(14-8)12-3-1-7(6-13)2-4-12/h5,7,13H,1-4,6H2. The molecule has 78 valence electrons. The first kappa shape index (κ1) is 10.4. The summed E-state index contributed by atoms with van der Waals surface area (Å²) in [7, 11) is 0. The highest BCUT2D eigenvalue weighted by Gasteiger charge is 2.20. The molecule has 2 heterocycles. The minimum absolute atomic E-state index is 0.329. The van der Waals surface area contributed by atoms with Gasteiger partial charge in [0.15, 0.2) is 5.13 Å². The summed E-state index contributed by atoms with van der Waals surface area (Å²) in [5.74, 6) is 0.495. The van der Waals surface area contributed by atoms with E-state index in [4.69, 9.17) is 5.11 Å². The van der Waals surface area contributed by atoms with Crippen LogP contribution in [0.4, 0.5) is 5.13 Å². The summed E-state index contributed by atoms with van der Waals surface area (Å²) in [5.41, 5.74) is 0. The van der Waals surface area contributed by atoms with Gasteiger partial charge in [0.2, 0.25) is 0 Å². The van der Waals surface area contributed by atoms with Crippen molar-refractivity contribution in [2.45, 2.75) is 12.8 Å². The van der Waals surface area contributed by atoms with Crippen molar-refractivity contribution < 1.29 is 5.11 Å². The number of piperidine rings is 1. The molecule has 0 radical (unpaired) electrons. The topological polar surface area (TPSA) is 36.4 Å². The maximum absolute atomic E-state index is 9.01. The minimum atomic E-state index is 0.329. The average Bonchev–Trinajstić information content (AvgIpc) is 2.65. The number of anilines is 1. The lowest BCUT2D eigenvalue weighted by Gasteiger charge is -2.30. The largest absolute Gasteiger partial charge is 0.396 e. The van der Waals surface area contributed by atoms with Crippen LogP contribution >= 0.6 is 27.3 Å². The number of halogens is 1. The van der Waals surface area contributed by atoms with Crippen molar-refractivity contribution in [3.8, 4) is 0 Å². The number of aliphatic hydroxyl groups is 1. The van der Waals surface area contributed by atoms with Crippen LogP contribution in [0.1, 0.15) is 12.8 Å². The van der Waals surface area contributed by atoms with Gasteiger partial charge in [-0.1, -0.05) is 11.3 Å². The first-order valence-corrected chi connectivity index (χ1v) is 6.37.